The van der Waals surface area contributed by atoms with E-state index in [1.165, 1.54) is 45.2 Å². The summed E-state index contributed by atoms with van der Waals surface area (Å²) in [7, 11) is 0. The normalized spacial score (nSPS) is 24.6. The molecule has 1 aromatic carbocycles. The Morgan fingerprint density at radius 1 is 1.09 bits per heavy atom. The molecule has 6 nitrogen and oxygen atoms in total. The number of ether oxygens (including phenoxy) is 1. The number of benzene rings is 1. The van der Waals surface area contributed by atoms with Gasteiger partial charge in [0.1, 0.15) is 11.4 Å². The quantitative estimate of drug-likeness (QED) is 0.623. The van der Waals surface area contributed by atoms with Crippen molar-refractivity contribution in [2.45, 2.75) is 76.9 Å². The van der Waals surface area contributed by atoms with E-state index in [1.807, 2.05) is 24.3 Å². The first-order valence-corrected chi connectivity index (χ1v) is 13.1. The van der Waals surface area contributed by atoms with Crippen LogP contribution < -0.4 is 10.1 Å². The number of hydrogen-bond donors (Lipinski definition) is 2. The number of H-pyrrole nitrogens is 1. The third kappa shape index (κ3) is 5.22. The number of likely N-dealkylation sites (tertiary alicyclic amines) is 1. The van der Waals surface area contributed by atoms with Crippen LogP contribution in [0, 0.1) is 5.92 Å². The lowest BCUT2D eigenvalue weighted by molar-refractivity contribution is 0.0880. The molecule has 3 saturated heterocycles. The minimum Gasteiger partial charge on any atom is -0.493 e. The van der Waals surface area contributed by atoms with Gasteiger partial charge in [-0.2, -0.15) is 0 Å². The van der Waals surface area contributed by atoms with Crippen molar-refractivity contribution in [3.05, 3.63) is 30.0 Å². The second-order valence-electron chi connectivity index (χ2n) is 10.7. The smallest absolute Gasteiger partial charge is 0.267 e. The molecule has 2 aromatic rings. The number of fused-ring (bicyclic) bond motifs is 3. The standard InChI is InChI=1S/C27H40N4O2/c1-19(2)18-33-26-8-4-7-24-23(26)17-25(29-24)27(32)28-20-11-13-30(14-12-20)15-16-31-21-5-3-6-22(31)10-9-21/h4,7-8,17,19-22,29H,3,5-6,9-16,18H2,1-2H3,(H,28,32). The molecule has 2 N–H and O–H groups in total. The summed E-state index contributed by atoms with van der Waals surface area (Å²) in [6, 6.07) is 9.85. The van der Waals surface area contributed by atoms with Crippen molar-refractivity contribution in [1.82, 2.24) is 20.1 Å². The van der Waals surface area contributed by atoms with Crippen LogP contribution in [0.5, 0.6) is 5.75 Å². The minimum absolute atomic E-state index is 0.00986. The SMILES string of the molecule is CC(C)COc1cccc2[nH]c(C(=O)NC3CCN(CCN4C5CCCC4CC5)CC3)cc12. The van der Waals surface area contributed by atoms with Crippen LogP contribution in [-0.2, 0) is 0 Å². The highest BCUT2D eigenvalue weighted by atomic mass is 16.5. The van der Waals surface area contributed by atoms with E-state index < -0.39 is 0 Å². The van der Waals surface area contributed by atoms with Gasteiger partial charge in [0, 0.05) is 55.2 Å². The second kappa shape index (κ2) is 10.1. The molecule has 2 atom stereocenters. The van der Waals surface area contributed by atoms with Crippen LogP contribution in [0.1, 0.15) is 69.3 Å². The number of carbonyl (C=O) groups excluding carboxylic acids is 1. The van der Waals surface area contributed by atoms with Crippen molar-refractivity contribution in [1.29, 1.82) is 0 Å². The molecule has 2 bridgehead atoms. The summed E-state index contributed by atoms with van der Waals surface area (Å²) in [6.07, 6.45) is 9.13. The molecule has 6 heteroatoms. The molecule has 0 saturated carbocycles. The fourth-order valence-corrected chi connectivity index (χ4v) is 6.04. The number of nitrogens with one attached hydrogen (secondary N) is 2. The molecule has 3 fully saturated rings. The lowest BCUT2D eigenvalue weighted by Crippen LogP contribution is -2.48. The fourth-order valence-electron chi connectivity index (χ4n) is 6.04. The summed E-state index contributed by atoms with van der Waals surface area (Å²) in [5.74, 6) is 1.29. The van der Waals surface area contributed by atoms with E-state index in [0.717, 1.165) is 54.7 Å². The van der Waals surface area contributed by atoms with E-state index in [2.05, 4.69) is 33.9 Å². The molecule has 180 valence electrons. The third-order valence-electron chi connectivity index (χ3n) is 7.88. The Morgan fingerprint density at radius 3 is 2.58 bits per heavy atom. The molecule has 3 aliphatic rings. The molecule has 33 heavy (non-hydrogen) atoms. The van der Waals surface area contributed by atoms with Gasteiger partial charge < -0.3 is 19.9 Å². The molecule has 4 heterocycles. The zero-order valence-corrected chi connectivity index (χ0v) is 20.3. The summed E-state index contributed by atoms with van der Waals surface area (Å²) in [5.41, 5.74) is 1.57. The first-order valence-electron chi connectivity index (χ1n) is 13.1. The Balaban J connectivity index is 1.11. The van der Waals surface area contributed by atoms with Crippen molar-refractivity contribution < 1.29 is 9.53 Å². The molecule has 2 unspecified atom stereocenters. The highest BCUT2D eigenvalue weighted by Crippen LogP contribution is 2.35. The maximum absolute atomic E-state index is 12.9. The number of piperidine rings is 2. The van der Waals surface area contributed by atoms with Gasteiger partial charge in [0.25, 0.3) is 5.91 Å². The topological polar surface area (TPSA) is 60.6 Å². The van der Waals surface area contributed by atoms with Crippen molar-refractivity contribution in [2.24, 2.45) is 5.92 Å². The monoisotopic (exact) mass is 452 g/mol. The van der Waals surface area contributed by atoms with Crippen LogP contribution in [0.2, 0.25) is 0 Å². The molecular formula is C27H40N4O2. The lowest BCUT2D eigenvalue weighted by Gasteiger charge is -2.38. The van der Waals surface area contributed by atoms with Gasteiger partial charge in [0.05, 0.1) is 6.61 Å². The average molecular weight is 453 g/mol. The molecule has 5 rings (SSSR count). The Morgan fingerprint density at radius 2 is 1.85 bits per heavy atom. The largest absolute Gasteiger partial charge is 0.493 e. The second-order valence-corrected chi connectivity index (χ2v) is 10.7. The average Bonchev–Trinajstić information content (AvgIpc) is 3.34. The van der Waals surface area contributed by atoms with Crippen LogP contribution in [0.3, 0.4) is 0 Å². The molecule has 1 amide bonds. The number of aromatic amines is 1. The van der Waals surface area contributed by atoms with Crippen molar-refractivity contribution in [3.63, 3.8) is 0 Å². The number of amides is 1. The third-order valence-corrected chi connectivity index (χ3v) is 7.88. The van der Waals surface area contributed by atoms with Crippen LogP contribution in [0.15, 0.2) is 24.3 Å². The van der Waals surface area contributed by atoms with Crippen molar-refractivity contribution >= 4 is 16.8 Å². The first kappa shape index (κ1) is 22.7. The Labute approximate surface area is 198 Å². The molecule has 0 radical (unpaired) electrons. The zero-order chi connectivity index (χ0) is 22.8. The maximum atomic E-state index is 12.9. The molecule has 1 aromatic heterocycles. The number of hydrogen-bond acceptors (Lipinski definition) is 4. The summed E-state index contributed by atoms with van der Waals surface area (Å²) in [5, 5.41) is 4.24. The van der Waals surface area contributed by atoms with E-state index in [9.17, 15) is 4.79 Å². The van der Waals surface area contributed by atoms with Crippen molar-refractivity contribution in [2.75, 3.05) is 32.8 Å². The van der Waals surface area contributed by atoms with Gasteiger partial charge in [0.2, 0.25) is 0 Å². The summed E-state index contributed by atoms with van der Waals surface area (Å²) >= 11 is 0. The Hall–Kier alpha value is -2.05. The van der Waals surface area contributed by atoms with E-state index in [4.69, 9.17) is 4.74 Å². The number of nitrogens with zero attached hydrogens (tertiary/aromatic N) is 2. The zero-order valence-electron chi connectivity index (χ0n) is 20.3. The van der Waals surface area contributed by atoms with E-state index in [1.54, 1.807) is 0 Å². The molecular weight excluding hydrogens is 412 g/mol. The van der Waals surface area contributed by atoms with Gasteiger partial charge in [-0.1, -0.05) is 26.3 Å². The molecule has 0 spiro atoms. The van der Waals surface area contributed by atoms with Gasteiger partial charge in [-0.05, 0) is 62.6 Å². The Bertz CT molecular complexity index is 931. The van der Waals surface area contributed by atoms with Crippen LogP contribution in [0.4, 0.5) is 0 Å². The fraction of sp³-hybridized carbons (Fsp3) is 0.667. The number of aromatic nitrogens is 1. The number of rotatable bonds is 8. The summed E-state index contributed by atoms with van der Waals surface area (Å²) in [4.78, 5) is 21.6. The van der Waals surface area contributed by atoms with Crippen LogP contribution in [-0.4, -0.2) is 71.6 Å². The van der Waals surface area contributed by atoms with Crippen LogP contribution in [0.25, 0.3) is 10.9 Å². The van der Waals surface area contributed by atoms with E-state index in [0.29, 0.717) is 18.2 Å². The predicted octanol–water partition coefficient (Wildman–Crippen LogP) is 4.41. The Kier molecular flexibility index (Phi) is 6.93. The maximum Gasteiger partial charge on any atom is 0.267 e. The summed E-state index contributed by atoms with van der Waals surface area (Å²) in [6.45, 7) is 9.50. The van der Waals surface area contributed by atoms with E-state index >= 15 is 0 Å². The van der Waals surface area contributed by atoms with E-state index in [-0.39, 0.29) is 11.9 Å². The van der Waals surface area contributed by atoms with Gasteiger partial charge in [-0.15, -0.1) is 0 Å². The van der Waals surface area contributed by atoms with Crippen LogP contribution >= 0.6 is 0 Å². The molecule has 3 aliphatic heterocycles. The summed E-state index contributed by atoms with van der Waals surface area (Å²) < 4.78 is 5.96. The van der Waals surface area contributed by atoms with Gasteiger partial charge in [-0.3, -0.25) is 9.69 Å². The van der Waals surface area contributed by atoms with Gasteiger partial charge in [-0.25, -0.2) is 0 Å². The first-order chi connectivity index (χ1) is 16.1. The predicted molar refractivity (Wildman–Crippen MR) is 133 cm³/mol. The molecule has 0 aliphatic carbocycles. The number of carbonyl (C=O) groups is 1. The van der Waals surface area contributed by atoms with Gasteiger partial charge >= 0.3 is 0 Å². The minimum atomic E-state index is -0.00986. The highest BCUT2D eigenvalue weighted by molar-refractivity contribution is 5.99. The van der Waals surface area contributed by atoms with Crippen molar-refractivity contribution in [3.8, 4) is 5.75 Å². The lowest BCUT2D eigenvalue weighted by atomic mass is 10.0. The highest BCUT2D eigenvalue weighted by Gasteiger charge is 2.36. The van der Waals surface area contributed by atoms with Gasteiger partial charge in [0.15, 0.2) is 0 Å².